The van der Waals surface area contributed by atoms with Crippen molar-refractivity contribution in [2.45, 2.75) is 32.1 Å². The Morgan fingerprint density at radius 2 is 1.36 bits per heavy atom. The van der Waals surface area contributed by atoms with E-state index in [2.05, 4.69) is 53.4 Å². The van der Waals surface area contributed by atoms with E-state index < -0.39 is 0 Å². The maximum Gasteiger partial charge on any atom is 0.121 e. The fourth-order valence-electron chi connectivity index (χ4n) is 4.29. The maximum absolute atomic E-state index is 10.6. The predicted molar refractivity (Wildman–Crippen MR) is 103 cm³/mol. The number of carbonyl (C=O) groups is 1. The third-order valence-corrected chi connectivity index (χ3v) is 5.61. The van der Waals surface area contributed by atoms with E-state index in [1.165, 1.54) is 27.8 Å². The first kappa shape index (κ1) is 16.3. The topological polar surface area (TPSA) is 20.3 Å². The fraction of sp³-hybridized carbons (Fsp3) is 0.348. The lowest BCUT2D eigenvalue weighted by Crippen LogP contribution is -2.32. The number of carbonyl (C=O) groups excluding carboxylic acids is 1. The highest BCUT2D eigenvalue weighted by Crippen LogP contribution is 2.38. The van der Waals surface area contributed by atoms with Crippen LogP contribution >= 0.6 is 0 Å². The molecule has 0 amide bonds. The first-order chi connectivity index (χ1) is 12.4. The van der Waals surface area contributed by atoms with Crippen LogP contribution in [0.1, 0.15) is 41.5 Å². The average Bonchev–Trinajstić information content (AvgIpc) is 2.84. The molecule has 0 aromatic heterocycles. The molecule has 128 valence electrons. The number of rotatable bonds is 3. The van der Waals surface area contributed by atoms with Crippen molar-refractivity contribution in [3.8, 4) is 0 Å². The molecule has 0 spiro atoms. The Morgan fingerprint density at radius 1 is 0.800 bits per heavy atom. The van der Waals surface area contributed by atoms with Crippen LogP contribution in [-0.4, -0.2) is 30.8 Å². The van der Waals surface area contributed by atoms with Crippen molar-refractivity contribution in [2.75, 3.05) is 19.6 Å². The molecule has 1 aliphatic heterocycles. The fourth-order valence-corrected chi connectivity index (χ4v) is 4.29. The van der Waals surface area contributed by atoms with Crippen LogP contribution < -0.4 is 0 Å². The molecule has 2 heteroatoms. The van der Waals surface area contributed by atoms with Gasteiger partial charge in [-0.15, -0.1) is 0 Å². The highest BCUT2D eigenvalue weighted by atomic mass is 16.1. The van der Waals surface area contributed by atoms with Crippen LogP contribution in [0.3, 0.4) is 0 Å². The third kappa shape index (κ3) is 3.32. The lowest BCUT2D eigenvalue weighted by molar-refractivity contribution is -0.108. The van der Waals surface area contributed by atoms with E-state index in [0.717, 1.165) is 51.6 Å². The summed E-state index contributed by atoms with van der Waals surface area (Å²) in [5.74, 6) is 0. The van der Waals surface area contributed by atoms with E-state index in [-0.39, 0.29) is 0 Å². The largest absolute Gasteiger partial charge is 0.303 e. The monoisotopic (exact) mass is 331 g/mol. The lowest BCUT2D eigenvalue weighted by Gasteiger charge is -2.30. The summed E-state index contributed by atoms with van der Waals surface area (Å²) in [6, 6.07) is 17.9. The number of hydrogen-bond donors (Lipinski definition) is 0. The number of fused-ring (bicyclic) bond motifs is 2. The van der Waals surface area contributed by atoms with Gasteiger partial charge in [0.05, 0.1) is 0 Å². The highest BCUT2D eigenvalue weighted by Gasteiger charge is 2.23. The zero-order valence-corrected chi connectivity index (χ0v) is 14.7. The Morgan fingerprint density at radius 3 is 1.92 bits per heavy atom. The van der Waals surface area contributed by atoms with Crippen LogP contribution in [0.15, 0.2) is 54.1 Å². The van der Waals surface area contributed by atoms with Gasteiger partial charge >= 0.3 is 0 Å². The Hall–Kier alpha value is -2.19. The van der Waals surface area contributed by atoms with Crippen LogP contribution in [0.5, 0.6) is 0 Å². The minimum Gasteiger partial charge on any atom is -0.303 e. The van der Waals surface area contributed by atoms with Crippen molar-refractivity contribution in [1.82, 2.24) is 4.90 Å². The van der Waals surface area contributed by atoms with Crippen LogP contribution in [0.25, 0.3) is 5.57 Å². The molecule has 2 aromatic rings. The summed E-state index contributed by atoms with van der Waals surface area (Å²) in [4.78, 5) is 13.1. The normalized spacial score (nSPS) is 17.6. The molecule has 0 saturated carbocycles. The Bertz CT molecular complexity index is 746. The Kier molecular flexibility index (Phi) is 4.80. The summed E-state index contributed by atoms with van der Waals surface area (Å²) < 4.78 is 0. The van der Waals surface area contributed by atoms with Gasteiger partial charge in [0.1, 0.15) is 6.29 Å². The number of piperidine rings is 1. The minimum absolute atomic E-state index is 0.650. The summed E-state index contributed by atoms with van der Waals surface area (Å²) in [5, 5.41) is 0. The van der Waals surface area contributed by atoms with E-state index in [0.29, 0.717) is 6.42 Å². The molecule has 4 rings (SSSR count). The van der Waals surface area contributed by atoms with Gasteiger partial charge in [-0.3, -0.25) is 0 Å². The zero-order chi connectivity index (χ0) is 17.1. The van der Waals surface area contributed by atoms with Crippen molar-refractivity contribution in [2.24, 2.45) is 0 Å². The van der Waals surface area contributed by atoms with Gasteiger partial charge in [-0.1, -0.05) is 54.1 Å². The van der Waals surface area contributed by atoms with Crippen molar-refractivity contribution in [3.05, 3.63) is 76.4 Å². The quantitative estimate of drug-likeness (QED) is 0.783. The van der Waals surface area contributed by atoms with E-state index in [1.54, 1.807) is 5.57 Å². The highest BCUT2D eigenvalue weighted by molar-refractivity contribution is 5.86. The number of nitrogens with zero attached hydrogens (tertiary/aromatic N) is 1. The van der Waals surface area contributed by atoms with Crippen LogP contribution in [-0.2, 0) is 17.6 Å². The molecule has 2 aliphatic rings. The Balaban J connectivity index is 1.74. The lowest BCUT2D eigenvalue weighted by atomic mass is 9.86. The van der Waals surface area contributed by atoms with Gasteiger partial charge in [-0.2, -0.15) is 0 Å². The van der Waals surface area contributed by atoms with Crippen molar-refractivity contribution < 1.29 is 4.79 Å². The van der Waals surface area contributed by atoms with Gasteiger partial charge in [0.15, 0.2) is 0 Å². The van der Waals surface area contributed by atoms with Gasteiger partial charge in [-0.25, -0.2) is 0 Å². The van der Waals surface area contributed by atoms with Crippen LogP contribution in [0.2, 0.25) is 0 Å². The van der Waals surface area contributed by atoms with Gasteiger partial charge in [0.2, 0.25) is 0 Å². The van der Waals surface area contributed by atoms with Gasteiger partial charge < -0.3 is 9.69 Å². The standard InChI is InChI=1S/C23H25NO/c25-17-5-14-24-15-12-20(13-16-24)23-21-8-3-1-6-18(21)10-11-19-7-2-4-9-22(19)23/h1-4,6-9,17H,5,10-16H2. The Labute approximate surface area is 150 Å². The van der Waals surface area contributed by atoms with Gasteiger partial charge in [-0.05, 0) is 53.5 Å². The number of hydrogen-bond acceptors (Lipinski definition) is 2. The molecule has 0 N–H and O–H groups in total. The predicted octanol–water partition coefficient (Wildman–Crippen LogP) is 4.27. The van der Waals surface area contributed by atoms with Crippen molar-refractivity contribution >= 4 is 11.9 Å². The van der Waals surface area contributed by atoms with E-state index in [4.69, 9.17) is 0 Å². The average molecular weight is 331 g/mol. The number of aldehydes is 1. The first-order valence-electron chi connectivity index (χ1n) is 9.41. The molecule has 0 atom stereocenters. The molecule has 25 heavy (non-hydrogen) atoms. The van der Waals surface area contributed by atoms with E-state index in [1.807, 2.05) is 0 Å². The first-order valence-corrected chi connectivity index (χ1v) is 9.41. The summed E-state index contributed by atoms with van der Waals surface area (Å²) in [5.41, 5.74) is 8.89. The molecule has 1 aliphatic carbocycles. The smallest absolute Gasteiger partial charge is 0.121 e. The molecule has 2 nitrogen and oxygen atoms in total. The molecular weight excluding hydrogens is 306 g/mol. The van der Waals surface area contributed by atoms with Crippen LogP contribution in [0, 0.1) is 0 Å². The SMILES string of the molecule is O=CCCN1CCC(=C2c3ccccc3CCc3ccccc32)CC1. The van der Waals surface area contributed by atoms with E-state index >= 15 is 0 Å². The zero-order valence-electron chi connectivity index (χ0n) is 14.7. The molecule has 1 heterocycles. The van der Waals surface area contributed by atoms with E-state index in [9.17, 15) is 4.79 Å². The number of benzene rings is 2. The van der Waals surface area contributed by atoms with Crippen molar-refractivity contribution in [1.29, 1.82) is 0 Å². The van der Waals surface area contributed by atoms with Crippen LogP contribution in [0.4, 0.5) is 0 Å². The number of likely N-dealkylation sites (tertiary alicyclic amines) is 1. The summed E-state index contributed by atoms with van der Waals surface area (Å²) >= 11 is 0. The second-order valence-corrected chi connectivity index (χ2v) is 7.09. The summed E-state index contributed by atoms with van der Waals surface area (Å²) in [7, 11) is 0. The van der Waals surface area contributed by atoms with Crippen molar-refractivity contribution in [3.63, 3.8) is 0 Å². The maximum atomic E-state index is 10.6. The molecule has 0 bridgehead atoms. The molecule has 0 radical (unpaired) electrons. The van der Waals surface area contributed by atoms with Gasteiger partial charge in [0, 0.05) is 26.1 Å². The second kappa shape index (κ2) is 7.37. The summed E-state index contributed by atoms with van der Waals surface area (Å²) in [6.07, 6.45) is 6.14. The molecule has 0 unspecified atom stereocenters. The number of aryl methyl sites for hydroxylation is 2. The molecule has 1 saturated heterocycles. The summed E-state index contributed by atoms with van der Waals surface area (Å²) in [6.45, 7) is 3.04. The van der Waals surface area contributed by atoms with Gasteiger partial charge in [0.25, 0.3) is 0 Å². The molecule has 2 aromatic carbocycles. The molecular formula is C23H25NO. The second-order valence-electron chi connectivity index (χ2n) is 7.09. The minimum atomic E-state index is 0.650. The molecule has 1 fully saturated rings. The third-order valence-electron chi connectivity index (χ3n) is 5.61.